The van der Waals surface area contributed by atoms with E-state index in [1.807, 2.05) is 6.07 Å². The number of benzene rings is 1. The predicted molar refractivity (Wildman–Crippen MR) is 87.6 cm³/mol. The van der Waals surface area contributed by atoms with Gasteiger partial charge in [0, 0.05) is 0 Å². The number of rotatable bonds is 6. The summed E-state index contributed by atoms with van der Waals surface area (Å²) in [7, 11) is -7.71. The number of ether oxygens (including phenoxy) is 1. The lowest BCUT2D eigenvalue weighted by atomic mass is 10.2. The number of likely N-dealkylation sites (tertiary alicyclic amines) is 1. The molecular formula is C14H19NO8S2. The molecule has 1 fully saturated rings. The molecule has 1 heterocycles. The van der Waals surface area contributed by atoms with Gasteiger partial charge in [-0.25, -0.2) is 4.79 Å². The van der Waals surface area contributed by atoms with Crippen molar-refractivity contribution < 1.29 is 34.7 Å². The van der Waals surface area contributed by atoms with E-state index in [1.54, 1.807) is 24.3 Å². The van der Waals surface area contributed by atoms with Crippen LogP contribution in [0, 0.1) is 0 Å². The topological polar surface area (TPSA) is 116 Å². The van der Waals surface area contributed by atoms with Crippen LogP contribution in [-0.2, 0) is 39.9 Å². The summed E-state index contributed by atoms with van der Waals surface area (Å²) < 4.78 is 60.1. The minimum Gasteiger partial charge on any atom is -0.445 e. The van der Waals surface area contributed by atoms with Crippen molar-refractivity contribution in [1.29, 1.82) is 0 Å². The lowest BCUT2D eigenvalue weighted by molar-refractivity contribution is 0.0994. The third-order valence-corrected chi connectivity index (χ3v) is 4.47. The second-order valence-electron chi connectivity index (χ2n) is 5.62. The van der Waals surface area contributed by atoms with Gasteiger partial charge in [0.2, 0.25) is 0 Å². The maximum atomic E-state index is 12.1. The first-order valence-corrected chi connectivity index (χ1v) is 10.9. The molecule has 2 atom stereocenters. The van der Waals surface area contributed by atoms with Crippen molar-refractivity contribution in [2.24, 2.45) is 0 Å². The molecule has 1 aliphatic heterocycles. The van der Waals surface area contributed by atoms with Crippen molar-refractivity contribution in [1.82, 2.24) is 4.90 Å². The molecule has 0 spiro atoms. The molecule has 1 aromatic carbocycles. The summed E-state index contributed by atoms with van der Waals surface area (Å²) in [6, 6.07) is 8.98. The van der Waals surface area contributed by atoms with Gasteiger partial charge in [-0.05, 0) is 5.56 Å². The number of amides is 1. The molecule has 1 aliphatic rings. The summed E-state index contributed by atoms with van der Waals surface area (Å²) in [5, 5.41) is 0. The normalized spacial score (nSPS) is 21.3. The van der Waals surface area contributed by atoms with E-state index < -0.39 is 38.5 Å². The van der Waals surface area contributed by atoms with Gasteiger partial charge in [0.15, 0.2) is 0 Å². The number of nitrogens with zero attached hydrogens (tertiary/aromatic N) is 1. The average Bonchev–Trinajstić information content (AvgIpc) is 2.84. The van der Waals surface area contributed by atoms with Gasteiger partial charge in [-0.1, -0.05) is 30.3 Å². The van der Waals surface area contributed by atoms with Crippen molar-refractivity contribution >= 4 is 26.3 Å². The van der Waals surface area contributed by atoms with E-state index in [1.165, 1.54) is 0 Å². The zero-order valence-electron chi connectivity index (χ0n) is 13.7. The van der Waals surface area contributed by atoms with Crippen LogP contribution in [-0.4, -0.2) is 65.6 Å². The lowest BCUT2D eigenvalue weighted by Gasteiger charge is -2.15. The highest BCUT2D eigenvalue weighted by Gasteiger charge is 2.41. The Bertz CT molecular complexity index is 764. The van der Waals surface area contributed by atoms with Crippen molar-refractivity contribution in [3.8, 4) is 0 Å². The van der Waals surface area contributed by atoms with Gasteiger partial charge < -0.3 is 9.64 Å². The van der Waals surface area contributed by atoms with Gasteiger partial charge in [0.1, 0.15) is 18.8 Å². The Morgan fingerprint density at radius 2 is 1.48 bits per heavy atom. The van der Waals surface area contributed by atoms with Crippen LogP contribution in [0.4, 0.5) is 4.79 Å². The molecule has 2 rings (SSSR count). The molecular weight excluding hydrogens is 374 g/mol. The first-order chi connectivity index (χ1) is 11.5. The molecule has 0 aromatic heterocycles. The lowest BCUT2D eigenvalue weighted by Crippen LogP contribution is -2.33. The van der Waals surface area contributed by atoms with E-state index in [-0.39, 0.29) is 19.7 Å². The molecule has 1 saturated heterocycles. The van der Waals surface area contributed by atoms with Crippen LogP contribution in [0.25, 0.3) is 0 Å². The Morgan fingerprint density at radius 1 is 1.00 bits per heavy atom. The number of hydrogen-bond donors (Lipinski definition) is 0. The molecule has 0 unspecified atom stereocenters. The third-order valence-electron chi connectivity index (χ3n) is 3.28. The van der Waals surface area contributed by atoms with E-state index in [0.29, 0.717) is 0 Å². The van der Waals surface area contributed by atoms with Crippen LogP contribution >= 0.6 is 0 Å². The van der Waals surface area contributed by atoms with Crippen molar-refractivity contribution in [2.75, 3.05) is 25.6 Å². The van der Waals surface area contributed by atoms with Gasteiger partial charge in [0.25, 0.3) is 20.2 Å². The molecule has 0 aliphatic carbocycles. The van der Waals surface area contributed by atoms with E-state index in [0.717, 1.165) is 23.0 Å². The highest BCUT2D eigenvalue weighted by molar-refractivity contribution is 7.86. The number of carbonyl (C=O) groups is 1. The molecule has 0 bridgehead atoms. The Morgan fingerprint density at radius 3 is 1.92 bits per heavy atom. The summed E-state index contributed by atoms with van der Waals surface area (Å²) in [5.41, 5.74) is 0.780. The molecule has 1 aromatic rings. The number of hydrogen-bond acceptors (Lipinski definition) is 8. The van der Waals surface area contributed by atoms with Crippen molar-refractivity contribution in [2.45, 2.75) is 18.8 Å². The fourth-order valence-corrected chi connectivity index (χ4v) is 3.61. The van der Waals surface area contributed by atoms with Crippen LogP contribution in [0.3, 0.4) is 0 Å². The molecule has 140 valence electrons. The Hall–Kier alpha value is -1.69. The maximum Gasteiger partial charge on any atom is 0.410 e. The van der Waals surface area contributed by atoms with Crippen molar-refractivity contribution in [3.63, 3.8) is 0 Å². The second kappa shape index (κ2) is 7.68. The smallest absolute Gasteiger partial charge is 0.410 e. The Kier molecular flexibility index (Phi) is 6.03. The van der Waals surface area contributed by atoms with Gasteiger partial charge in [0.05, 0.1) is 25.6 Å². The predicted octanol–water partition coefficient (Wildman–Crippen LogP) is 0.328. The van der Waals surface area contributed by atoms with Gasteiger partial charge >= 0.3 is 6.09 Å². The summed E-state index contributed by atoms with van der Waals surface area (Å²) in [6.07, 6.45) is -1.31. The second-order valence-corrected chi connectivity index (χ2v) is 8.82. The highest BCUT2D eigenvalue weighted by Crippen LogP contribution is 2.21. The van der Waals surface area contributed by atoms with Gasteiger partial charge in [-0.2, -0.15) is 16.8 Å². The molecule has 0 N–H and O–H groups in total. The van der Waals surface area contributed by atoms with E-state index >= 15 is 0 Å². The molecule has 25 heavy (non-hydrogen) atoms. The Balaban J connectivity index is 2.02. The fourth-order valence-electron chi connectivity index (χ4n) is 2.34. The zero-order valence-corrected chi connectivity index (χ0v) is 15.3. The molecule has 9 nitrogen and oxygen atoms in total. The fraction of sp³-hybridized carbons (Fsp3) is 0.500. The molecule has 11 heteroatoms. The third kappa shape index (κ3) is 6.61. The van der Waals surface area contributed by atoms with Crippen LogP contribution in [0.15, 0.2) is 30.3 Å². The van der Waals surface area contributed by atoms with E-state index in [2.05, 4.69) is 0 Å². The zero-order chi connectivity index (χ0) is 18.7. The quantitative estimate of drug-likeness (QED) is 0.635. The van der Waals surface area contributed by atoms with Crippen LogP contribution < -0.4 is 0 Å². The summed E-state index contributed by atoms with van der Waals surface area (Å²) >= 11 is 0. The maximum absolute atomic E-state index is 12.1. The largest absolute Gasteiger partial charge is 0.445 e. The Labute approximate surface area is 146 Å². The average molecular weight is 393 g/mol. The van der Waals surface area contributed by atoms with Gasteiger partial charge in [-0.3, -0.25) is 8.37 Å². The van der Waals surface area contributed by atoms with Crippen LogP contribution in [0.1, 0.15) is 5.56 Å². The van der Waals surface area contributed by atoms with Gasteiger partial charge in [-0.15, -0.1) is 0 Å². The minimum atomic E-state index is -3.85. The van der Waals surface area contributed by atoms with E-state index in [9.17, 15) is 21.6 Å². The molecule has 0 radical (unpaired) electrons. The number of carbonyl (C=O) groups excluding carboxylic acids is 1. The first-order valence-electron chi connectivity index (χ1n) is 7.25. The SMILES string of the molecule is CS(=O)(=O)O[C@H]1CN(C(=O)OCc2ccccc2)C[C@@H]1OS(C)(=O)=O. The van der Waals surface area contributed by atoms with Crippen LogP contribution in [0.2, 0.25) is 0 Å². The minimum absolute atomic E-state index is 0.0331. The molecule has 0 saturated carbocycles. The van der Waals surface area contributed by atoms with E-state index in [4.69, 9.17) is 13.1 Å². The summed E-state index contributed by atoms with van der Waals surface area (Å²) in [5.74, 6) is 0. The summed E-state index contributed by atoms with van der Waals surface area (Å²) in [4.78, 5) is 13.3. The van der Waals surface area contributed by atoms with Crippen LogP contribution in [0.5, 0.6) is 0 Å². The highest BCUT2D eigenvalue weighted by atomic mass is 32.2. The summed E-state index contributed by atoms with van der Waals surface area (Å²) in [6.45, 7) is -0.298. The molecule has 1 amide bonds. The monoisotopic (exact) mass is 393 g/mol. The van der Waals surface area contributed by atoms with Crippen molar-refractivity contribution in [3.05, 3.63) is 35.9 Å². The standard InChI is InChI=1S/C14H19NO8S2/c1-24(17,18)22-12-8-15(9-13(12)23-25(2,19)20)14(16)21-10-11-6-4-3-5-7-11/h3-7,12-13H,8-10H2,1-2H3/t12-,13-/m0/s1. The first kappa shape index (κ1) is 19.6.